The lowest BCUT2D eigenvalue weighted by atomic mass is 10.1. The van der Waals surface area contributed by atoms with Crippen molar-refractivity contribution in [3.8, 4) is 23.1 Å². The minimum absolute atomic E-state index is 0.0656. The molecule has 2 amide bonds. The van der Waals surface area contributed by atoms with Gasteiger partial charge in [0.05, 0.1) is 30.6 Å². The van der Waals surface area contributed by atoms with E-state index in [9.17, 15) is 4.79 Å². The van der Waals surface area contributed by atoms with Crippen molar-refractivity contribution >= 4 is 6.03 Å². The Hall–Kier alpha value is -3.48. The van der Waals surface area contributed by atoms with Gasteiger partial charge in [-0.1, -0.05) is 24.3 Å². The van der Waals surface area contributed by atoms with E-state index in [1.165, 1.54) is 0 Å². The first-order valence-electron chi connectivity index (χ1n) is 11.3. The molecule has 0 radical (unpaired) electrons. The highest BCUT2D eigenvalue weighted by atomic mass is 16.5. The maximum absolute atomic E-state index is 13.1. The van der Waals surface area contributed by atoms with Gasteiger partial charge in [-0.3, -0.25) is 0 Å². The number of hydrogen-bond acceptors (Lipinski definition) is 4. The van der Waals surface area contributed by atoms with Gasteiger partial charge in [-0.05, 0) is 64.8 Å². The van der Waals surface area contributed by atoms with E-state index >= 15 is 0 Å². The number of nitrogens with one attached hydrogen (secondary N) is 1. The summed E-state index contributed by atoms with van der Waals surface area (Å²) in [5, 5.41) is 7.89. The first kappa shape index (κ1) is 22.7. The molecule has 0 spiro atoms. The van der Waals surface area contributed by atoms with Crippen LogP contribution in [0.3, 0.4) is 0 Å². The zero-order valence-electron chi connectivity index (χ0n) is 20.0. The van der Waals surface area contributed by atoms with E-state index in [2.05, 4.69) is 5.32 Å². The number of urea groups is 1. The number of nitrogens with zero attached hydrogens (tertiary/aromatic N) is 3. The van der Waals surface area contributed by atoms with Gasteiger partial charge in [-0.25, -0.2) is 9.48 Å². The molecule has 174 valence electrons. The van der Waals surface area contributed by atoms with Crippen LogP contribution in [0.15, 0.2) is 54.6 Å². The lowest BCUT2D eigenvalue weighted by molar-refractivity contribution is 0.182. The van der Waals surface area contributed by atoms with Gasteiger partial charge in [0.15, 0.2) is 0 Å². The Balaban J connectivity index is 1.73. The maximum atomic E-state index is 13.1. The van der Waals surface area contributed by atoms with Crippen LogP contribution in [-0.2, 0) is 6.54 Å². The predicted molar refractivity (Wildman–Crippen MR) is 128 cm³/mol. The lowest BCUT2D eigenvalue weighted by Crippen LogP contribution is -2.49. The van der Waals surface area contributed by atoms with Crippen molar-refractivity contribution in [3.05, 3.63) is 65.9 Å². The fourth-order valence-electron chi connectivity index (χ4n) is 3.66. The van der Waals surface area contributed by atoms with E-state index in [-0.39, 0.29) is 17.6 Å². The largest absolute Gasteiger partial charge is 0.497 e. The van der Waals surface area contributed by atoms with Crippen LogP contribution in [0.4, 0.5) is 4.79 Å². The highest BCUT2D eigenvalue weighted by molar-refractivity contribution is 5.76. The minimum atomic E-state index is -0.312. The molecule has 3 aromatic rings. The Morgan fingerprint density at radius 1 is 1.12 bits per heavy atom. The molecule has 0 atom stereocenters. The van der Waals surface area contributed by atoms with E-state index in [1.54, 1.807) is 11.8 Å². The number of para-hydroxylation sites is 1. The number of carbonyl (C=O) groups excluding carboxylic acids is 1. The predicted octanol–water partition coefficient (Wildman–Crippen LogP) is 5.45. The molecule has 1 aliphatic carbocycles. The van der Waals surface area contributed by atoms with Crippen molar-refractivity contribution in [2.75, 3.05) is 7.11 Å². The molecule has 7 heteroatoms. The van der Waals surface area contributed by atoms with E-state index < -0.39 is 0 Å². The maximum Gasteiger partial charge on any atom is 0.318 e. The molecule has 1 saturated carbocycles. The summed E-state index contributed by atoms with van der Waals surface area (Å²) in [6, 6.07) is 17.5. The Labute approximate surface area is 195 Å². The third-order valence-corrected chi connectivity index (χ3v) is 5.45. The summed E-state index contributed by atoms with van der Waals surface area (Å²) in [4.78, 5) is 15.0. The molecule has 0 aliphatic heterocycles. The molecule has 33 heavy (non-hydrogen) atoms. The molecule has 0 saturated heterocycles. The Kier molecular flexibility index (Phi) is 6.31. The normalized spacial score (nSPS) is 13.5. The molecule has 1 N–H and O–H groups in total. The van der Waals surface area contributed by atoms with Crippen molar-refractivity contribution in [1.82, 2.24) is 20.0 Å². The summed E-state index contributed by atoms with van der Waals surface area (Å²) in [5.74, 6) is 1.95. The number of methoxy groups -OCH3 is 1. The summed E-state index contributed by atoms with van der Waals surface area (Å²) in [6.45, 7) is 8.36. The summed E-state index contributed by atoms with van der Waals surface area (Å²) in [5.41, 5.74) is 2.29. The van der Waals surface area contributed by atoms with E-state index in [4.69, 9.17) is 14.6 Å². The number of amides is 2. The molecule has 0 bridgehead atoms. The van der Waals surface area contributed by atoms with E-state index in [1.807, 2.05) is 87.2 Å². The fraction of sp³-hybridized carbons (Fsp3) is 0.385. The Morgan fingerprint density at radius 2 is 1.82 bits per heavy atom. The molecule has 7 nitrogen and oxygen atoms in total. The monoisotopic (exact) mass is 448 g/mol. The molecular weight excluding hydrogens is 416 g/mol. The second-order valence-electron chi connectivity index (χ2n) is 9.44. The Bertz CT molecular complexity index is 1110. The van der Waals surface area contributed by atoms with Gasteiger partial charge in [-0.15, -0.1) is 0 Å². The molecule has 1 heterocycles. The van der Waals surface area contributed by atoms with Crippen LogP contribution in [0.2, 0.25) is 0 Å². The fourth-order valence-corrected chi connectivity index (χ4v) is 3.66. The average Bonchev–Trinajstić information content (AvgIpc) is 3.57. The van der Waals surface area contributed by atoms with Gasteiger partial charge >= 0.3 is 6.03 Å². The van der Waals surface area contributed by atoms with Crippen molar-refractivity contribution in [2.45, 2.75) is 58.7 Å². The summed E-state index contributed by atoms with van der Waals surface area (Å²) < 4.78 is 13.6. The number of aromatic nitrogens is 2. The number of benzene rings is 2. The molecule has 4 rings (SSSR count). The number of rotatable bonds is 7. The summed E-state index contributed by atoms with van der Waals surface area (Å²) in [7, 11) is 1.63. The van der Waals surface area contributed by atoms with Crippen molar-refractivity contribution in [1.29, 1.82) is 0 Å². The number of carbonyl (C=O) groups is 1. The highest BCUT2D eigenvalue weighted by Gasteiger charge is 2.35. The van der Waals surface area contributed by atoms with E-state index in [0.717, 1.165) is 29.8 Å². The smallest absolute Gasteiger partial charge is 0.318 e. The van der Waals surface area contributed by atoms with Gasteiger partial charge in [0, 0.05) is 17.6 Å². The zero-order chi connectivity index (χ0) is 23.6. The van der Waals surface area contributed by atoms with Crippen LogP contribution in [0, 0.1) is 6.92 Å². The van der Waals surface area contributed by atoms with Crippen LogP contribution < -0.4 is 14.8 Å². The van der Waals surface area contributed by atoms with Gasteiger partial charge in [0.25, 0.3) is 0 Å². The molecule has 0 unspecified atom stereocenters. The number of ether oxygens (including phenoxy) is 2. The molecular formula is C26H32N4O3. The van der Waals surface area contributed by atoms with Gasteiger partial charge in [0.1, 0.15) is 11.5 Å². The Morgan fingerprint density at radius 3 is 2.45 bits per heavy atom. The van der Waals surface area contributed by atoms with Crippen LogP contribution in [0.1, 0.15) is 44.9 Å². The second-order valence-corrected chi connectivity index (χ2v) is 9.44. The van der Waals surface area contributed by atoms with Crippen molar-refractivity contribution in [2.24, 2.45) is 0 Å². The minimum Gasteiger partial charge on any atom is -0.497 e. The van der Waals surface area contributed by atoms with Gasteiger partial charge in [0.2, 0.25) is 5.88 Å². The van der Waals surface area contributed by atoms with Crippen molar-refractivity contribution < 1.29 is 14.3 Å². The average molecular weight is 449 g/mol. The summed E-state index contributed by atoms with van der Waals surface area (Å²) >= 11 is 0. The molecule has 1 fully saturated rings. The highest BCUT2D eigenvalue weighted by Crippen LogP contribution is 2.35. The zero-order valence-corrected chi connectivity index (χ0v) is 20.0. The van der Waals surface area contributed by atoms with Crippen LogP contribution >= 0.6 is 0 Å². The van der Waals surface area contributed by atoms with Gasteiger partial charge in [-0.2, -0.15) is 5.10 Å². The quantitative estimate of drug-likeness (QED) is 0.522. The standard InChI is InChI=1S/C26H32N4O3/c1-18-23(17-29(19-14-15-19)25(31)27-26(2,3)4)24(30(28-18)20-10-7-6-8-11-20)33-22-13-9-12-21(16-22)32-5/h6-13,16,19H,14-15,17H2,1-5H3,(H,27,31). The molecule has 1 aromatic heterocycles. The van der Waals surface area contributed by atoms with Gasteiger partial charge < -0.3 is 19.7 Å². The van der Waals surface area contributed by atoms with Crippen LogP contribution in [0.25, 0.3) is 5.69 Å². The second kappa shape index (κ2) is 9.17. The van der Waals surface area contributed by atoms with Crippen molar-refractivity contribution in [3.63, 3.8) is 0 Å². The molecule has 2 aromatic carbocycles. The van der Waals surface area contributed by atoms with Crippen LogP contribution in [0.5, 0.6) is 17.4 Å². The van der Waals surface area contributed by atoms with E-state index in [0.29, 0.717) is 23.9 Å². The van der Waals surface area contributed by atoms with Crippen LogP contribution in [-0.4, -0.2) is 39.4 Å². The number of hydrogen-bond donors (Lipinski definition) is 1. The third kappa shape index (κ3) is 5.48. The molecule has 1 aliphatic rings. The third-order valence-electron chi connectivity index (χ3n) is 5.45. The SMILES string of the molecule is COc1cccc(Oc2c(CN(C(=O)NC(C)(C)C)C3CC3)c(C)nn2-c2ccccc2)c1. The topological polar surface area (TPSA) is 68.6 Å². The first-order valence-corrected chi connectivity index (χ1v) is 11.3. The number of aryl methyl sites for hydroxylation is 1. The lowest BCUT2D eigenvalue weighted by Gasteiger charge is -2.28. The summed E-state index contributed by atoms with van der Waals surface area (Å²) in [6.07, 6.45) is 2.02. The first-order chi connectivity index (χ1) is 15.7.